The summed E-state index contributed by atoms with van der Waals surface area (Å²) in [6, 6.07) is 15.3. The molecule has 2 heterocycles. The Labute approximate surface area is 211 Å². The fourth-order valence-corrected chi connectivity index (χ4v) is 5.70. The van der Waals surface area contributed by atoms with Gasteiger partial charge in [0, 0.05) is 29.1 Å². The molecule has 1 aliphatic heterocycles. The van der Waals surface area contributed by atoms with E-state index in [4.69, 9.17) is 16.3 Å². The maximum Gasteiger partial charge on any atom is 0.271 e. The summed E-state index contributed by atoms with van der Waals surface area (Å²) < 4.78 is 7.41. The first kappa shape index (κ1) is 23.7. The number of nitrogens with zero attached hydrogens (tertiary/aromatic N) is 2. The Morgan fingerprint density at radius 2 is 1.89 bits per heavy atom. The molecule has 1 aliphatic carbocycles. The van der Waals surface area contributed by atoms with Gasteiger partial charge in [-0.15, -0.1) is 0 Å². The highest BCUT2D eigenvalue weighted by atomic mass is 35.5. The molecule has 0 radical (unpaired) electrons. The van der Waals surface area contributed by atoms with Gasteiger partial charge in [0.05, 0.1) is 19.2 Å². The third-order valence-corrected chi connectivity index (χ3v) is 7.78. The van der Waals surface area contributed by atoms with E-state index in [1.54, 1.807) is 12.0 Å². The van der Waals surface area contributed by atoms with Gasteiger partial charge in [0.15, 0.2) is 0 Å². The second-order valence-electron chi connectivity index (χ2n) is 10.00. The quantitative estimate of drug-likeness (QED) is 0.473. The van der Waals surface area contributed by atoms with Gasteiger partial charge in [0.25, 0.3) is 5.91 Å². The smallest absolute Gasteiger partial charge is 0.271 e. The molecule has 0 saturated heterocycles. The van der Waals surface area contributed by atoms with Crippen molar-refractivity contribution in [3.8, 4) is 5.75 Å². The number of halogens is 1. The molecule has 0 spiro atoms. The van der Waals surface area contributed by atoms with E-state index < -0.39 is 5.54 Å². The Balaban J connectivity index is 1.56. The molecule has 184 valence electrons. The van der Waals surface area contributed by atoms with E-state index in [-0.39, 0.29) is 17.9 Å². The van der Waals surface area contributed by atoms with Gasteiger partial charge < -0.3 is 19.5 Å². The molecule has 1 saturated carbocycles. The number of benzene rings is 2. The maximum atomic E-state index is 14.0. The molecule has 2 aromatic carbocycles. The largest absolute Gasteiger partial charge is 0.497 e. The molecular formula is C28H32ClN3O3. The maximum absolute atomic E-state index is 14.0. The Morgan fingerprint density at radius 1 is 1.11 bits per heavy atom. The number of hydrogen-bond acceptors (Lipinski definition) is 3. The van der Waals surface area contributed by atoms with E-state index in [0.29, 0.717) is 23.8 Å². The molecule has 7 heteroatoms. The highest BCUT2D eigenvalue weighted by molar-refractivity contribution is 6.30. The Hall–Kier alpha value is -2.99. The van der Waals surface area contributed by atoms with Gasteiger partial charge >= 0.3 is 0 Å². The van der Waals surface area contributed by atoms with Gasteiger partial charge in [-0.1, -0.05) is 49.4 Å². The van der Waals surface area contributed by atoms with Gasteiger partial charge in [-0.3, -0.25) is 9.59 Å². The summed E-state index contributed by atoms with van der Waals surface area (Å²) in [7, 11) is 1.63. The summed E-state index contributed by atoms with van der Waals surface area (Å²) in [6.45, 7) is 2.55. The minimum Gasteiger partial charge on any atom is -0.497 e. The van der Waals surface area contributed by atoms with E-state index in [1.807, 2.05) is 60.0 Å². The van der Waals surface area contributed by atoms with Gasteiger partial charge in [0.1, 0.15) is 17.0 Å². The number of amides is 2. The van der Waals surface area contributed by atoms with Crippen molar-refractivity contribution in [2.24, 2.45) is 0 Å². The number of nitrogens with one attached hydrogen (secondary N) is 1. The van der Waals surface area contributed by atoms with Crippen molar-refractivity contribution in [2.75, 3.05) is 7.11 Å². The fourth-order valence-electron chi connectivity index (χ4n) is 5.49. The highest BCUT2D eigenvalue weighted by Crippen LogP contribution is 2.35. The third-order valence-electron chi connectivity index (χ3n) is 7.55. The fraction of sp³-hybridized carbons (Fsp3) is 0.429. The lowest BCUT2D eigenvalue weighted by Gasteiger charge is -2.44. The van der Waals surface area contributed by atoms with Crippen LogP contribution >= 0.6 is 11.6 Å². The van der Waals surface area contributed by atoms with Crippen molar-refractivity contribution in [1.82, 2.24) is 14.8 Å². The monoisotopic (exact) mass is 493 g/mol. The Morgan fingerprint density at radius 3 is 2.60 bits per heavy atom. The second kappa shape index (κ2) is 9.57. The average Bonchev–Trinajstić information content (AvgIpc) is 3.01. The van der Waals surface area contributed by atoms with Gasteiger partial charge in [-0.25, -0.2) is 0 Å². The van der Waals surface area contributed by atoms with Crippen LogP contribution in [0.1, 0.15) is 61.5 Å². The summed E-state index contributed by atoms with van der Waals surface area (Å²) in [5.41, 5.74) is 1.30. The van der Waals surface area contributed by atoms with Crippen LogP contribution < -0.4 is 10.1 Å². The number of aromatic nitrogens is 1. The van der Waals surface area contributed by atoms with Gasteiger partial charge in [-0.2, -0.15) is 0 Å². The first-order valence-corrected chi connectivity index (χ1v) is 12.8. The summed E-state index contributed by atoms with van der Waals surface area (Å²) in [6.07, 6.45) is 6.64. The molecule has 1 fully saturated rings. The SMILES string of the molecule is COc1ccc2cc3n(c2c1)C[C@@](C)(C(=O)NC1CCCCCC1)N(Cc1cccc(Cl)c1)C3=O. The number of methoxy groups -OCH3 is 1. The zero-order chi connectivity index (χ0) is 24.6. The predicted octanol–water partition coefficient (Wildman–Crippen LogP) is 5.56. The lowest BCUT2D eigenvalue weighted by atomic mass is 9.93. The highest BCUT2D eigenvalue weighted by Gasteiger charge is 2.48. The van der Waals surface area contributed by atoms with Crippen LogP contribution in [0.15, 0.2) is 48.5 Å². The van der Waals surface area contributed by atoms with Crippen molar-refractivity contribution in [3.63, 3.8) is 0 Å². The first-order chi connectivity index (χ1) is 16.9. The van der Waals surface area contributed by atoms with Crippen LogP contribution in [-0.2, 0) is 17.9 Å². The number of carbonyl (C=O) groups is 2. The molecule has 5 rings (SSSR count). The molecule has 1 aromatic heterocycles. The number of carbonyl (C=O) groups excluding carboxylic acids is 2. The van der Waals surface area contributed by atoms with E-state index in [2.05, 4.69) is 5.32 Å². The number of hydrogen-bond donors (Lipinski definition) is 1. The Bertz CT molecular complexity index is 1260. The Kier molecular flexibility index (Phi) is 6.49. The van der Waals surface area contributed by atoms with Crippen molar-refractivity contribution in [3.05, 3.63) is 64.8 Å². The van der Waals surface area contributed by atoms with Gasteiger partial charge in [-0.05, 0) is 55.7 Å². The van der Waals surface area contributed by atoms with Crippen LogP contribution in [0.25, 0.3) is 10.9 Å². The van der Waals surface area contributed by atoms with Crippen LogP contribution in [0.5, 0.6) is 5.75 Å². The van der Waals surface area contributed by atoms with E-state index in [1.165, 1.54) is 12.8 Å². The van der Waals surface area contributed by atoms with Crippen LogP contribution in [0, 0.1) is 0 Å². The zero-order valence-electron chi connectivity index (χ0n) is 20.4. The van der Waals surface area contributed by atoms with Gasteiger partial charge in [0.2, 0.25) is 5.91 Å². The molecule has 0 bridgehead atoms. The van der Waals surface area contributed by atoms with E-state index in [0.717, 1.165) is 47.9 Å². The summed E-state index contributed by atoms with van der Waals surface area (Å²) >= 11 is 6.24. The number of rotatable bonds is 5. The molecule has 35 heavy (non-hydrogen) atoms. The van der Waals surface area contributed by atoms with E-state index in [9.17, 15) is 9.59 Å². The molecule has 2 aliphatic rings. The average molecular weight is 494 g/mol. The lowest BCUT2D eigenvalue weighted by molar-refractivity contribution is -0.134. The van der Waals surface area contributed by atoms with Crippen LogP contribution in [0.2, 0.25) is 5.02 Å². The molecule has 1 atom stereocenters. The summed E-state index contributed by atoms with van der Waals surface area (Å²) in [5.74, 6) is 0.455. The number of fused-ring (bicyclic) bond motifs is 3. The zero-order valence-corrected chi connectivity index (χ0v) is 21.1. The molecule has 1 N–H and O–H groups in total. The topological polar surface area (TPSA) is 63.6 Å². The molecule has 3 aromatic rings. The first-order valence-electron chi connectivity index (χ1n) is 12.4. The molecule has 6 nitrogen and oxygen atoms in total. The van der Waals surface area contributed by atoms with Crippen molar-refractivity contribution in [1.29, 1.82) is 0 Å². The third kappa shape index (κ3) is 4.52. The van der Waals surface area contributed by atoms with Crippen LogP contribution in [-0.4, -0.2) is 40.0 Å². The van der Waals surface area contributed by atoms with Crippen LogP contribution in [0.3, 0.4) is 0 Å². The van der Waals surface area contributed by atoms with Crippen molar-refractivity contribution < 1.29 is 14.3 Å². The standard InChI is InChI=1S/C28H32ClN3O3/c1-28(27(34)30-22-10-5-3-4-6-11-22)18-31-24-16-23(35-2)13-12-20(24)15-25(31)26(33)32(28)17-19-8-7-9-21(29)14-19/h7-9,12-16,22H,3-6,10-11,17-18H2,1-2H3,(H,30,34)/t28-/m0/s1. The van der Waals surface area contributed by atoms with Crippen molar-refractivity contribution >= 4 is 34.3 Å². The van der Waals surface area contributed by atoms with Crippen LogP contribution in [0.4, 0.5) is 0 Å². The molecule has 2 amide bonds. The normalized spacial score (nSPS) is 21.0. The summed E-state index contributed by atoms with van der Waals surface area (Å²) in [5, 5.41) is 4.87. The van der Waals surface area contributed by atoms with E-state index >= 15 is 0 Å². The second-order valence-corrected chi connectivity index (χ2v) is 10.4. The lowest BCUT2D eigenvalue weighted by Crippen LogP contribution is -2.64. The predicted molar refractivity (Wildman–Crippen MR) is 138 cm³/mol. The minimum absolute atomic E-state index is 0.102. The summed E-state index contributed by atoms with van der Waals surface area (Å²) in [4.78, 5) is 29.6. The van der Waals surface area contributed by atoms with Crippen molar-refractivity contribution in [2.45, 2.75) is 70.1 Å². The molecular weight excluding hydrogens is 462 g/mol. The minimum atomic E-state index is -1.06. The molecule has 0 unspecified atom stereocenters. The number of ether oxygens (including phenoxy) is 1.